The van der Waals surface area contributed by atoms with Crippen LogP contribution >= 0.6 is 23.1 Å². The topological polar surface area (TPSA) is 46.3 Å². The van der Waals surface area contributed by atoms with Gasteiger partial charge in [-0.2, -0.15) is 11.8 Å². The maximum absolute atomic E-state index is 11.8. The number of nitrogens with zero attached hydrogens (tertiary/aromatic N) is 1. The SMILES string of the molecule is CCC(=O)c1sc(N2CCSC(C)(C)C2)cc1N. The number of hydrogen-bond donors (Lipinski definition) is 1. The summed E-state index contributed by atoms with van der Waals surface area (Å²) in [6, 6.07) is 1.96. The van der Waals surface area contributed by atoms with Gasteiger partial charge in [-0.05, 0) is 19.9 Å². The third kappa shape index (κ3) is 2.83. The Hall–Kier alpha value is -0.680. The Morgan fingerprint density at radius 3 is 2.89 bits per heavy atom. The van der Waals surface area contributed by atoms with Crippen molar-refractivity contribution in [2.75, 3.05) is 29.5 Å². The number of nitrogen functional groups attached to an aromatic ring is 1. The molecular weight excluding hydrogens is 264 g/mol. The average molecular weight is 284 g/mol. The number of thioether (sulfide) groups is 1. The van der Waals surface area contributed by atoms with Crippen LogP contribution in [0, 0.1) is 0 Å². The molecular formula is C13H20N2OS2. The summed E-state index contributed by atoms with van der Waals surface area (Å²) in [4.78, 5) is 14.8. The number of carbonyl (C=O) groups is 1. The summed E-state index contributed by atoms with van der Waals surface area (Å²) in [5, 5.41) is 1.14. The van der Waals surface area contributed by atoms with E-state index in [4.69, 9.17) is 5.73 Å². The second-order valence-electron chi connectivity index (χ2n) is 5.18. The molecule has 0 unspecified atom stereocenters. The number of thiophene rings is 1. The molecule has 2 N–H and O–H groups in total. The Labute approximate surface area is 117 Å². The second kappa shape index (κ2) is 5.13. The Balaban J connectivity index is 2.21. The molecule has 1 fully saturated rings. The van der Waals surface area contributed by atoms with Gasteiger partial charge in [0.2, 0.25) is 0 Å². The highest BCUT2D eigenvalue weighted by Crippen LogP contribution is 2.38. The van der Waals surface area contributed by atoms with E-state index >= 15 is 0 Å². The van der Waals surface area contributed by atoms with Crippen molar-refractivity contribution in [3.8, 4) is 0 Å². The lowest BCUT2D eigenvalue weighted by molar-refractivity contribution is 0.0993. The summed E-state index contributed by atoms with van der Waals surface area (Å²) in [5.74, 6) is 1.27. The van der Waals surface area contributed by atoms with Gasteiger partial charge >= 0.3 is 0 Å². The monoisotopic (exact) mass is 284 g/mol. The summed E-state index contributed by atoms with van der Waals surface area (Å²) in [5.41, 5.74) is 6.59. The highest BCUT2D eigenvalue weighted by atomic mass is 32.2. The van der Waals surface area contributed by atoms with E-state index in [2.05, 4.69) is 18.7 Å². The van der Waals surface area contributed by atoms with E-state index < -0.39 is 0 Å². The maximum atomic E-state index is 11.8. The van der Waals surface area contributed by atoms with E-state index in [1.54, 1.807) is 11.3 Å². The van der Waals surface area contributed by atoms with Crippen LogP contribution in [0.1, 0.15) is 36.9 Å². The van der Waals surface area contributed by atoms with Crippen LogP contribution in [0.2, 0.25) is 0 Å². The molecule has 1 aromatic heterocycles. The van der Waals surface area contributed by atoms with Crippen LogP contribution in [0.3, 0.4) is 0 Å². The van der Waals surface area contributed by atoms with Crippen molar-refractivity contribution in [3.05, 3.63) is 10.9 Å². The van der Waals surface area contributed by atoms with Crippen molar-refractivity contribution in [2.45, 2.75) is 31.9 Å². The third-order valence-electron chi connectivity index (χ3n) is 3.06. The predicted octanol–water partition coefficient (Wildman–Crippen LogP) is 3.25. The molecule has 18 heavy (non-hydrogen) atoms. The van der Waals surface area contributed by atoms with Gasteiger partial charge in [0.25, 0.3) is 0 Å². The van der Waals surface area contributed by atoms with Gasteiger partial charge in [0.1, 0.15) is 0 Å². The predicted molar refractivity (Wildman–Crippen MR) is 82.1 cm³/mol. The lowest BCUT2D eigenvalue weighted by atomic mass is 10.2. The first kappa shape index (κ1) is 13.7. The third-order valence-corrected chi connectivity index (χ3v) is 5.61. The summed E-state index contributed by atoms with van der Waals surface area (Å²) in [6.45, 7) is 8.45. The average Bonchev–Trinajstić information content (AvgIpc) is 2.69. The molecule has 2 heterocycles. The number of ketones is 1. The van der Waals surface area contributed by atoms with Gasteiger partial charge in [-0.3, -0.25) is 4.79 Å². The van der Waals surface area contributed by atoms with Gasteiger partial charge in [0.15, 0.2) is 5.78 Å². The number of anilines is 2. The minimum absolute atomic E-state index is 0.148. The molecule has 2 rings (SSSR count). The molecule has 0 spiro atoms. The number of Topliss-reactive ketones (excluding diaryl/α,β-unsaturated/α-hetero) is 1. The lowest BCUT2D eigenvalue weighted by Crippen LogP contribution is -2.42. The molecule has 1 aromatic rings. The van der Waals surface area contributed by atoms with Gasteiger partial charge in [-0.25, -0.2) is 0 Å². The van der Waals surface area contributed by atoms with Crippen molar-refractivity contribution < 1.29 is 4.79 Å². The number of carbonyl (C=O) groups excluding carboxylic acids is 1. The smallest absolute Gasteiger partial charge is 0.174 e. The molecule has 1 aliphatic rings. The van der Waals surface area contributed by atoms with Crippen molar-refractivity contribution in [1.82, 2.24) is 0 Å². The summed E-state index contributed by atoms with van der Waals surface area (Å²) >= 11 is 3.55. The zero-order valence-electron chi connectivity index (χ0n) is 11.2. The standard InChI is InChI=1S/C13H20N2OS2/c1-4-10(16)12-9(14)7-11(18-12)15-5-6-17-13(2,3)8-15/h7H,4-6,8,14H2,1-3H3. The fourth-order valence-corrected chi connectivity index (χ4v) is 4.36. The molecule has 100 valence electrons. The number of rotatable bonds is 3. The molecule has 0 aromatic carbocycles. The Morgan fingerprint density at radius 2 is 2.28 bits per heavy atom. The molecule has 1 aliphatic heterocycles. The van der Waals surface area contributed by atoms with Crippen LogP contribution in [0.4, 0.5) is 10.7 Å². The maximum Gasteiger partial charge on any atom is 0.174 e. The molecule has 5 heteroatoms. The first-order chi connectivity index (χ1) is 8.43. The van der Waals surface area contributed by atoms with Crippen LogP contribution in [-0.4, -0.2) is 29.4 Å². The van der Waals surface area contributed by atoms with Gasteiger partial charge < -0.3 is 10.6 Å². The highest BCUT2D eigenvalue weighted by Gasteiger charge is 2.28. The summed E-state index contributed by atoms with van der Waals surface area (Å²) < 4.78 is 0.270. The van der Waals surface area contributed by atoms with E-state index in [0.717, 1.165) is 28.7 Å². The first-order valence-corrected chi connectivity index (χ1v) is 8.04. The van der Waals surface area contributed by atoms with E-state index in [9.17, 15) is 4.79 Å². The molecule has 0 amide bonds. The van der Waals surface area contributed by atoms with Crippen LogP contribution < -0.4 is 10.6 Å². The Bertz CT molecular complexity index is 454. The normalized spacial score (nSPS) is 18.9. The molecule has 0 radical (unpaired) electrons. The largest absolute Gasteiger partial charge is 0.397 e. The van der Waals surface area contributed by atoms with Crippen LogP contribution in [0.15, 0.2) is 6.07 Å². The van der Waals surface area contributed by atoms with Gasteiger partial charge in [0.05, 0.1) is 15.6 Å². The molecule has 1 saturated heterocycles. The van der Waals surface area contributed by atoms with Crippen LogP contribution in [-0.2, 0) is 0 Å². The van der Waals surface area contributed by atoms with Crippen LogP contribution in [0.5, 0.6) is 0 Å². The fourth-order valence-electron chi connectivity index (χ4n) is 2.13. The van der Waals surface area contributed by atoms with E-state index in [1.807, 2.05) is 24.8 Å². The molecule has 3 nitrogen and oxygen atoms in total. The Morgan fingerprint density at radius 1 is 1.56 bits per heavy atom. The number of nitrogens with two attached hydrogens (primary N) is 1. The highest BCUT2D eigenvalue weighted by molar-refractivity contribution is 8.00. The minimum atomic E-state index is 0.148. The zero-order chi connectivity index (χ0) is 13.3. The van der Waals surface area contributed by atoms with E-state index in [-0.39, 0.29) is 10.5 Å². The fraction of sp³-hybridized carbons (Fsp3) is 0.615. The summed E-state index contributed by atoms with van der Waals surface area (Å²) in [7, 11) is 0. The van der Waals surface area contributed by atoms with Gasteiger partial charge in [-0.1, -0.05) is 6.92 Å². The van der Waals surface area contributed by atoms with Crippen LogP contribution in [0.25, 0.3) is 0 Å². The molecule has 0 aliphatic carbocycles. The molecule has 0 atom stereocenters. The van der Waals surface area contributed by atoms with Gasteiger partial charge in [-0.15, -0.1) is 11.3 Å². The van der Waals surface area contributed by atoms with Crippen molar-refractivity contribution in [1.29, 1.82) is 0 Å². The van der Waals surface area contributed by atoms with Crippen molar-refractivity contribution in [2.24, 2.45) is 0 Å². The van der Waals surface area contributed by atoms with Crippen molar-refractivity contribution >= 4 is 39.6 Å². The summed E-state index contributed by atoms with van der Waals surface area (Å²) in [6.07, 6.45) is 0.519. The molecule has 0 saturated carbocycles. The number of hydrogen-bond acceptors (Lipinski definition) is 5. The van der Waals surface area contributed by atoms with Gasteiger partial charge in [0, 0.05) is 30.0 Å². The zero-order valence-corrected chi connectivity index (χ0v) is 12.8. The quantitative estimate of drug-likeness (QED) is 0.866. The van der Waals surface area contributed by atoms with Crippen molar-refractivity contribution in [3.63, 3.8) is 0 Å². The lowest BCUT2D eigenvalue weighted by Gasteiger charge is -2.38. The van der Waals surface area contributed by atoms with E-state index in [1.165, 1.54) is 0 Å². The van der Waals surface area contributed by atoms with E-state index in [0.29, 0.717) is 12.1 Å². The molecule has 0 bridgehead atoms. The second-order valence-corrected chi connectivity index (χ2v) is 8.01. The first-order valence-electron chi connectivity index (χ1n) is 6.24. The Kier molecular flexibility index (Phi) is 3.92. The minimum Gasteiger partial charge on any atom is -0.397 e.